The van der Waals surface area contributed by atoms with Gasteiger partial charge in [0.05, 0.1) is 14.1 Å². The summed E-state index contributed by atoms with van der Waals surface area (Å²) in [7, 11) is -6.45. The summed E-state index contributed by atoms with van der Waals surface area (Å²) in [5.74, 6) is 0. The van der Waals surface area contributed by atoms with Crippen LogP contribution in [0.25, 0.3) is 0 Å². The van der Waals surface area contributed by atoms with Gasteiger partial charge in [-0.1, -0.05) is 0 Å². The van der Waals surface area contributed by atoms with Gasteiger partial charge in [0.25, 0.3) is 0 Å². The fraction of sp³-hybridized carbons (Fsp3) is 0.889. The van der Waals surface area contributed by atoms with Crippen LogP contribution in [0.1, 0.15) is 25.7 Å². The number of likely N-dealkylation sites (N-methyl/N-ethyl adjacent to an activating group) is 2. The minimum atomic E-state index is -10.7. The molecule has 1 saturated carbocycles. The van der Waals surface area contributed by atoms with Crippen molar-refractivity contribution in [2.75, 3.05) is 14.1 Å². The first-order valence-corrected chi connectivity index (χ1v) is 8.12. The Hall–Kier alpha value is -0.230. The van der Waals surface area contributed by atoms with Gasteiger partial charge in [0, 0.05) is 11.6 Å². The normalized spacial score (nSPS) is 31.1. The van der Waals surface area contributed by atoms with Gasteiger partial charge in [0.2, 0.25) is 0 Å². The summed E-state index contributed by atoms with van der Waals surface area (Å²) in [5.41, 5.74) is 0. The van der Waals surface area contributed by atoms with Crippen molar-refractivity contribution in [2.45, 2.75) is 37.8 Å². The SMILES string of the molecule is CN1C(Cl)=[N+](C)[C@H]2CCCC[C@@H]21.F[P-](F)(F)(F)(F)F. The molecule has 0 saturated heterocycles. The van der Waals surface area contributed by atoms with Crippen molar-refractivity contribution in [1.29, 1.82) is 0 Å². The van der Waals surface area contributed by atoms with E-state index in [0.717, 1.165) is 5.29 Å². The van der Waals surface area contributed by atoms with Gasteiger partial charge in [0.1, 0.15) is 12.1 Å². The Labute approximate surface area is 112 Å². The van der Waals surface area contributed by atoms with Crippen LogP contribution in [0.2, 0.25) is 0 Å². The van der Waals surface area contributed by atoms with Gasteiger partial charge in [-0.25, -0.2) is 9.48 Å². The molecule has 1 heterocycles. The molecule has 0 amide bonds. The van der Waals surface area contributed by atoms with Crippen molar-refractivity contribution < 1.29 is 29.8 Å². The third-order valence-electron chi connectivity index (χ3n) is 3.27. The summed E-state index contributed by atoms with van der Waals surface area (Å²) in [6.07, 6.45) is 5.34. The number of halogens is 7. The molecule has 10 heteroatoms. The Kier molecular flexibility index (Phi) is 3.88. The first kappa shape index (κ1) is 16.8. The summed E-state index contributed by atoms with van der Waals surface area (Å²) in [4.78, 5) is 2.23. The number of hydrogen-bond acceptors (Lipinski definition) is 1. The predicted octanol–water partition coefficient (Wildman–Crippen LogP) is 4.86. The van der Waals surface area contributed by atoms with E-state index in [1.54, 1.807) is 0 Å². The molecule has 2 atom stereocenters. The molecule has 0 unspecified atom stereocenters. The Morgan fingerprint density at radius 3 is 1.95 bits per heavy atom. The first-order valence-electron chi connectivity index (χ1n) is 5.71. The van der Waals surface area contributed by atoms with Gasteiger partial charge in [-0.3, -0.25) is 0 Å². The fourth-order valence-corrected chi connectivity index (χ4v) is 2.77. The average molecular weight is 333 g/mol. The molecule has 1 aliphatic carbocycles. The number of nitrogens with zero attached hydrogens (tertiary/aromatic N) is 2. The second-order valence-corrected chi connectivity index (χ2v) is 7.12. The summed E-state index contributed by atoms with van der Waals surface area (Å²) < 4.78 is 61.4. The van der Waals surface area contributed by atoms with Gasteiger partial charge >= 0.3 is 38.3 Å². The second-order valence-electron chi connectivity index (χ2n) is 4.87. The summed E-state index contributed by atoms with van der Waals surface area (Å²) in [5, 5.41) is 0.923. The molecule has 0 radical (unpaired) electrons. The first-order chi connectivity index (χ1) is 8.16. The van der Waals surface area contributed by atoms with Crippen LogP contribution >= 0.6 is 19.4 Å². The summed E-state index contributed by atoms with van der Waals surface area (Å²) in [6.45, 7) is 0. The van der Waals surface area contributed by atoms with E-state index in [0.29, 0.717) is 12.1 Å². The van der Waals surface area contributed by atoms with Crippen LogP contribution in [0.3, 0.4) is 0 Å². The average Bonchev–Trinajstić information content (AvgIpc) is 2.40. The monoisotopic (exact) mass is 332 g/mol. The van der Waals surface area contributed by atoms with Crippen molar-refractivity contribution in [3.63, 3.8) is 0 Å². The standard InChI is InChI=1S/C9H16ClN2.F6P/c1-11-7-5-3-4-6-8(7)12(2)9(11)10;1-7(2,3,4,5)6/h7-8H,3-6H2,1-2H3;/q+1;-1/t7-,8-;/m0./s1. The third-order valence-corrected chi connectivity index (χ3v) is 3.80. The molecule has 2 rings (SSSR count). The van der Waals surface area contributed by atoms with Crippen molar-refractivity contribution in [3.05, 3.63) is 0 Å². The summed E-state index contributed by atoms with van der Waals surface area (Å²) in [6, 6.07) is 1.35. The molecule has 0 N–H and O–H groups in total. The van der Waals surface area contributed by atoms with E-state index in [4.69, 9.17) is 11.6 Å². The maximum atomic E-state index is 9.87. The van der Waals surface area contributed by atoms with Gasteiger partial charge < -0.3 is 0 Å². The molecule has 2 nitrogen and oxygen atoms in total. The Balaban J connectivity index is 0.000000224. The molecule has 1 fully saturated rings. The van der Waals surface area contributed by atoms with Crippen LogP contribution in [0.15, 0.2) is 0 Å². The Morgan fingerprint density at radius 1 is 1.11 bits per heavy atom. The molecule has 1 aliphatic heterocycles. The quantitative estimate of drug-likeness (QED) is 0.266. The summed E-state index contributed by atoms with van der Waals surface area (Å²) >= 11 is 6.16. The second kappa shape index (κ2) is 4.38. The van der Waals surface area contributed by atoms with Crippen LogP contribution in [-0.4, -0.2) is 40.9 Å². The third kappa shape index (κ3) is 6.17. The van der Waals surface area contributed by atoms with Crippen LogP contribution in [0.5, 0.6) is 0 Å². The Bertz CT molecular complexity index is 380. The van der Waals surface area contributed by atoms with Crippen LogP contribution in [-0.2, 0) is 0 Å². The van der Waals surface area contributed by atoms with E-state index in [1.165, 1.54) is 25.7 Å². The molecular formula is C9H16ClF6N2P. The van der Waals surface area contributed by atoms with E-state index < -0.39 is 7.81 Å². The molecule has 0 aromatic heterocycles. The van der Waals surface area contributed by atoms with Crippen LogP contribution in [0.4, 0.5) is 25.2 Å². The zero-order valence-corrected chi connectivity index (χ0v) is 12.1. The van der Waals surface area contributed by atoms with Gasteiger partial charge in [-0.15, -0.1) is 0 Å². The van der Waals surface area contributed by atoms with Gasteiger partial charge in [0.15, 0.2) is 0 Å². The molecule has 2 aliphatic rings. The van der Waals surface area contributed by atoms with Crippen LogP contribution < -0.4 is 0 Å². The number of hydrogen-bond donors (Lipinski definition) is 0. The van der Waals surface area contributed by atoms with Crippen molar-refractivity contribution in [3.8, 4) is 0 Å². The molecule has 0 aromatic carbocycles. The minimum absolute atomic E-state index is 0.677. The zero-order valence-electron chi connectivity index (χ0n) is 10.5. The molecule has 0 spiro atoms. The Morgan fingerprint density at radius 2 is 1.53 bits per heavy atom. The molecular weight excluding hydrogens is 317 g/mol. The van der Waals surface area contributed by atoms with Gasteiger partial charge in [-0.05, 0) is 25.7 Å². The van der Waals surface area contributed by atoms with E-state index >= 15 is 0 Å². The number of amidine groups is 1. The van der Waals surface area contributed by atoms with E-state index in [2.05, 4.69) is 23.6 Å². The number of fused-ring (bicyclic) bond motifs is 1. The molecule has 116 valence electrons. The topological polar surface area (TPSA) is 6.25 Å². The zero-order chi connectivity index (χ0) is 15.1. The van der Waals surface area contributed by atoms with E-state index in [9.17, 15) is 25.2 Å². The van der Waals surface area contributed by atoms with E-state index in [1.807, 2.05) is 0 Å². The van der Waals surface area contributed by atoms with E-state index in [-0.39, 0.29) is 0 Å². The van der Waals surface area contributed by atoms with Crippen molar-refractivity contribution in [1.82, 2.24) is 4.90 Å². The van der Waals surface area contributed by atoms with Gasteiger partial charge in [-0.2, -0.15) is 0 Å². The molecule has 0 aromatic rings. The van der Waals surface area contributed by atoms with Crippen molar-refractivity contribution >= 4 is 24.7 Å². The fourth-order valence-electron chi connectivity index (χ4n) is 2.52. The molecule has 0 bridgehead atoms. The number of rotatable bonds is 0. The van der Waals surface area contributed by atoms with Crippen molar-refractivity contribution in [2.24, 2.45) is 0 Å². The van der Waals surface area contributed by atoms with Crippen LogP contribution in [0, 0.1) is 0 Å². The molecule has 19 heavy (non-hydrogen) atoms. The maximum absolute atomic E-state index is 10.7. The predicted molar refractivity (Wildman–Crippen MR) is 64.4 cm³/mol.